The van der Waals surface area contributed by atoms with Crippen molar-refractivity contribution in [3.05, 3.63) is 64.8 Å². The number of H-pyrrole nitrogens is 1. The van der Waals surface area contributed by atoms with Crippen molar-refractivity contribution >= 4 is 16.8 Å². The van der Waals surface area contributed by atoms with Crippen LogP contribution in [0.5, 0.6) is 5.75 Å². The van der Waals surface area contributed by atoms with Gasteiger partial charge in [-0.15, -0.1) is 0 Å². The summed E-state index contributed by atoms with van der Waals surface area (Å²) in [5.41, 5.74) is 5.64. The molecule has 0 bridgehead atoms. The summed E-state index contributed by atoms with van der Waals surface area (Å²) in [7, 11) is 0. The second-order valence-electron chi connectivity index (χ2n) is 7.84. The molecule has 4 rings (SSSR count). The second kappa shape index (κ2) is 8.29. The molecule has 5 nitrogen and oxygen atoms in total. The summed E-state index contributed by atoms with van der Waals surface area (Å²) in [5.74, 6) is 0.716. The Morgan fingerprint density at radius 2 is 1.86 bits per heavy atom. The van der Waals surface area contributed by atoms with Crippen LogP contribution in [0.2, 0.25) is 0 Å². The van der Waals surface area contributed by atoms with Gasteiger partial charge in [-0.05, 0) is 44.0 Å². The molecule has 0 radical (unpaired) electrons. The maximum Gasteiger partial charge on any atom is 0.257 e. The minimum Gasteiger partial charge on any atom is -0.493 e. The van der Waals surface area contributed by atoms with E-state index >= 15 is 0 Å². The van der Waals surface area contributed by atoms with Gasteiger partial charge in [0.25, 0.3) is 5.91 Å². The zero-order valence-electron chi connectivity index (χ0n) is 17.5. The fourth-order valence-electron chi connectivity index (χ4n) is 4.01. The number of aromatic nitrogens is 1. The molecule has 2 heterocycles. The molecule has 1 saturated heterocycles. The van der Waals surface area contributed by atoms with Crippen LogP contribution in [0.1, 0.15) is 34.0 Å². The summed E-state index contributed by atoms with van der Waals surface area (Å²) in [6, 6.07) is 12.5. The van der Waals surface area contributed by atoms with Crippen LogP contribution in [0.3, 0.4) is 0 Å². The summed E-state index contributed by atoms with van der Waals surface area (Å²) in [5, 5.41) is 1.03. The van der Waals surface area contributed by atoms with Crippen LogP contribution >= 0.6 is 0 Å². The summed E-state index contributed by atoms with van der Waals surface area (Å²) in [4.78, 5) is 20.8. The number of hydrogen-bond donors (Lipinski definition) is 1. The van der Waals surface area contributed by atoms with Gasteiger partial charge >= 0.3 is 0 Å². The quantitative estimate of drug-likeness (QED) is 0.711. The van der Waals surface area contributed by atoms with Crippen molar-refractivity contribution in [2.45, 2.75) is 27.3 Å². The molecule has 3 aromatic rings. The second-order valence-corrected chi connectivity index (χ2v) is 7.84. The van der Waals surface area contributed by atoms with Crippen molar-refractivity contribution in [2.75, 3.05) is 32.8 Å². The van der Waals surface area contributed by atoms with Crippen LogP contribution in [-0.4, -0.2) is 53.5 Å². The molecule has 29 heavy (non-hydrogen) atoms. The molecule has 1 aliphatic rings. The zero-order valence-corrected chi connectivity index (χ0v) is 17.5. The van der Waals surface area contributed by atoms with Crippen LogP contribution in [-0.2, 0) is 6.54 Å². The maximum absolute atomic E-state index is 13.2. The number of carbonyl (C=O) groups is 1. The molecule has 1 fully saturated rings. The third-order valence-electron chi connectivity index (χ3n) is 5.74. The number of nitrogens with zero attached hydrogens (tertiary/aromatic N) is 2. The van der Waals surface area contributed by atoms with E-state index in [9.17, 15) is 4.79 Å². The van der Waals surface area contributed by atoms with Crippen LogP contribution in [0.25, 0.3) is 10.9 Å². The van der Waals surface area contributed by atoms with Crippen molar-refractivity contribution < 1.29 is 9.53 Å². The molecule has 0 atom stereocenters. The summed E-state index contributed by atoms with van der Waals surface area (Å²) < 4.78 is 5.77. The Hall–Kier alpha value is -2.79. The monoisotopic (exact) mass is 391 g/mol. The van der Waals surface area contributed by atoms with Gasteiger partial charge in [0.15, 0.2) is 0 Å². The van der Waals surface area contributed by atoms with Gasteiger partial charge in [-0.2, -0.15) is 0 Å². The lowest BCUT2D eigenvalue weighted by Crippen LogP contribution is -2.48. The van der Waals surface area contributed by atoms with Gasteiger partial charge in [0.1, 0.15) is 5.75 Å². The third-order valence-corrected chi connectivity index (χ3v) is 5.74. The number of amides is 1. The van der Waals surface area contributed by atoms with Gasteiger partial charge < -0.3 is 14.6 Å². The Morgan fingerprint density at radius 3 is 2.62 bits per heavy atom. The van der Waals surface area contributed by atoms with Crippen LogP contribution in [0.4, 0.5) is 0 Å². The summed E-state index contributed by atoms with van der Waals surface area (Å²) in [6.45, 7) is 11.0. The van der Waals surface area contributed by atoms with Gasteiger partial charge in [-0.1, -0.05) is 23.8 Å². The average Bonchev–Trinajstić information content (AvgIpc) is 3.18. The normalized spacial score (nSPS) is 15.1. The Labute approximate surface area is 172 Å². The predicted molar refractivity (Wildman–Crippen MR) is 117 cm³/mol. The first kappa shape index (κ1) is 19.5. The molecular formula is C24H29N3O2. The largest absolute Gasteiger partial charge is 0.493 e. The highest BCUT2D eigenvalue weighted by molar-refractivity contribution is 6.01. The van der Waals surface area contributed by atoms with Crippen LogP contribution in [0, 0.1) is 13.8 Å². The van der Waals surface area contributed by atoms with Crippen molar-refractivity contribution in [1.29, 1.82) is 0 Å². The molecule has 2 aromatic carbocycles. The van der Waals surface area contributed by atoms with Crippen molar-refractivity contribution in [3.8, 4) is 5.75 Å². The Kier molecular flexibility index (Phi) is 5.58. The van der Waals surface area contributed by atoms with E-state index in [2.05, 4.69) is 41.9 Å². The molecule has 5 heteroatoms. The molecule has 0 aliphatic carbocycles. The summed E-state index contributed by atoms with van der Waals surface area (Å²) in [6.07, 6.45) is 1.89. The lowest BCUT2D eigenvalue weighted by atomic mass is 10.0. The smallest absolute Gasteiger partial charge is 0.257 e. The van der Waals surface area contributed by atoms with E-state index in [1.54, 1.807) is 0 Å². The third kappa shape index (κ3) is 4.15. The molecule has 0 saturated carbocycles. The van der Waals surface area contributed by atoms with E-state index in [1.165, 1.54) is 16.7 Å². The Balaban J connectivity index is 1.46. The average molecular weight is 392 g/mol. The maximum atomic E-state index is 13.2. The molecule has 152 valence electrons. The fraction of sp³-hybridized carbons (Fsp3) is 0.375. The minimum atomic E-state index is 0.0583. The topological polar surface area (TPSA) is 48.6 Å². The molecule has 0 spiro atoms. The Morgan fingerprint density at radius 1 is 1.07 bits per heavy atom. The highest BCUT2D eigenvalue weighted by Crippen LogP contribution is 2.27. The molecule has 1 amide bonds. The van der Waals surface area contributed by atoms with Crippen LogP contribution in [0.15, 0.2) is 42.6 Å². The molecule has 1 N–H and O–H groups in total. The molecular weight excluding hydrogens is 362 g/mol. The van der Waals surface area contributed by atoms with E-state index in [0.29, 0.717) is 17.9 Å². The van der Waals surface area contributed by atoms with E-state index < -0.39 is 0 Å². The number of benzene rings is 2. The van der Waals surface area contributed by atoms with Gasteiger partial charge in [0.2, 0.25) is 0 Å². The van der Waals surface area contributed by atoms with Gasteiger partial charge in [0.05, 0.1) is 12.2 Å². The van der Waals surface area contributed by atoms with Crippen molar-refractivity contribution in [3.63, 3.8) is 0 Å². The van der Waals surface area contributed by atoms with E-state index in [1.807, 2.05) is 36.2 Å². The number of fused-ring (bicyclic) bond motifs is 1. The number of rotatable bonds is 5. The number of ether oxygens (including phenoxy) is 1. The van der Waals surface area contributed by atoms with Crippen molar-refractivity contribution in [2.24, 2.45) is 0 Å². The van der Waals surface area contributed by atoms with Crippen molar-refractivity contribution in [1.82, 2.24) is 14.8 Å². The first-order valence-electron chi connectivity index (χ1n) is 10.4. The first-order chi connectivity index (χ1) is 14.0. The fourth-order valence-corrected chi connectivity index (χ4v) is 4.01. The highest BCUT2D eigenvalue weighted by atomic mass is 16.5. The standard InChI is InChI=1S/C24H29N3O2/c1-4-29-23-15-22-19(7-8-25-22)14-21(23)24(28)27-11-9-26(10-12-27)16-20-13-17(2)5-6-18(20)3/h5-8,13-15,25H,4,9-12,16H2,1-3H3. The lowest BCUT2D eigenvalue weighted by molar-refractivity contribution is 0.0624. The predicted octanol–water partition coefficient (Wildman–Crippen LogP) is 4.14. The number of aromatic amines is 1. The summed E-state index contributed by atoms with van der Waals surface area (Å²) >= 11 is 0. The van der Waals surface area contributed by atoms with Gasteiger partial charge in [-0.25, -0.2) is 0 Å². The zero-order chi connectivity index (χ0) is 20.4. The van der Waals surface area contributed by atoms with Gasteiger partial charge in [-0.3, -0.25) is 9.69 Å². The van der Waals surface area contributed by atoms with E-state index in [0.717, 1.165) is 43.6 Å². The van der Waals surface area contributed by atoms with Crippen LogP contribution < -0.4 is 4.74 Å². The number of nitrogens with one attached hydrogen (secondary N) is 1. The van der Waals surface area contributed by atoms with E-state index in [4.69, 9.17) is 4.74 Å². The highest BCUT2D eigenvalue weighted by Gasteiger charge is 2.25. The SMILES string of the molecule is CCOc1cc2[nH]ccc2cc1C(=O)N1CCN(Cc2cc(C)ccc2C)CC1. The first-order valence-corrected chi connectivity index (χ1v) is 10.4. The molecule has 0 unspecified atom stereocenters. The number of carbonyl (C=O) groups excluding carboxylic acids is 1. The van der Waals surface area contributed by atoms with E-state index in [-0.39, 0.29) is 5.91 Å². The number of hydrogen-bond acceptors (Lipinski definition) is 3. The minimum absolute atomic E-state index is 0.0583. The van der Waals surface area contributed by atoms with Gasteiger partial charge in [0, 0.05) is 55.9 Å². The molecule has 1 aliphatic heterocycles. The molecule has 1 aromatic heterocycles. The lowest BCUT2D eigenvalue weighted by Gasteiger charge is -2.35. The Bertz CT molecular complexity index is 1020. The number of aryl methyl sites for hydroxylation is 2. The number of piperazine rings is 1.